The molecule has 1 atom stereocenters. The third-order valence-corrected chi connectivity index (χ3v) is 8.13. The molecule has 3 nitrogen and oxygen atoms in total. The first-order valence-electron chi connectivity index (χ1n) is 3.82. The maximum atomic E-state index is 4.65. The van der Waals surface area contributed by atoms with Gasteiger partial charge in [-0.15, -0.1) is 12.2 Å². The summed E-state index contributed by atoms with van der Waals surface area (Å²) in [6.07, 6.45) is 0. The average molecular weight is 224 g/mol. The molecule has 0 saturated carbocycles. The fraction of sp³-hybridized carbons (Fsp3) is 0.833. The van der Waals surface area contributed by atoms with E-state index in [1.165, 1.54) is 0 Å². The van der Waals surface area contributed by atoms with Crippen LogP contribution in [-0.4, -0.2) is 22.9 Å². The molecule has 71 valence electrons. The second kappa shape index (κ2) is 3.74. The van der Waals surface area contributed by atoms with E-state index in [1.807, 2.05) is 18.8 Å². The predicted molar refractivity (Wildman–Crippen MR) is 62.6 cm³/mol. The van der Waals surface area contributed by atoms with E-state index in [9.17, 15) is 0 Å². The molecule has 1 unspecified atom stereocenters. The molecule has 1 N–H and O–H groups in total. The lowest BCUT2D eigenvalue weighted by Crippen LogP contribution is -2.24. The molecule has 0 fully saturated rings. The van der Waals surface area contributed by atoms with E-state index in [4.69, 9.17) is 0 Å². The van der Waals surface area contributed by atoms with Gasteiger partial charge in [0.05, 0.1) is 5.04 Å². The maximum absolute atomic E-state index is 4.65. The van der Waals surface area contributed by atoms with Gasteiger partial charge in [-0.05, 0) is 32.2 Å². The maximum Gasteiger partial charge on any atom is 0.142 e. The second-order valence-electron chi connectivity index (χ2n) is 3.03. The van der Waals surface area contributed by atoms with Crippen molar-refractivity contribution < 1.29 is 0 Å². The molecule has 12 heavy (non-hydrogen) atoms. The monoisotopic (exact) mass is 224 g/mol. The van der Waals surface area contributed by atoms with Crippen molar-refractivity contribution in [1.82, 2.24) is 9.87 Å². The van der Waals surface area contributed by atoms with Crippen LogP contribution in [0.25, 0.3) is 0 Å². The van der Waals surface area contributed by atoms with E-state index < -0.39 is 5.97 Å². The molecule has 0 aromatic rings. The summed E-state index contributed by atoms with van der Waals surface area (Å²) in [5, 5.41) is 8.86. The minimum atomic E-state index is -1.53. The molecule has 1 heterocycles. The zero-order valence-electron chi connectivity index (χ0n) is 7.77. The number of rotatable bonds is 2. The summed E-state index contributed by atoms with van der Waals surface area (Å²) in [5.74, 6) is -1.53. The largest absolute Gasteiger partial charge is 0.265 e. The molecule has 0 bridgehead atoms. The highest BCUT2D eigenvalue weighted by atomic mass is 33.1. The lowest BCUT2D eigenvalue weighted by atomic mass is 10.4. The van der Waals surface area contributed by atoms with Crippen LogP contribution in [0.4, 0.5) is 0 Å². The molecule has 0 aromatic heterocycles. The van der Waals surface area contributed by atoms with E-state index in [-0.39, 0.29) is 0 Å². The number of nitrogens with one attached hydrogen (secondary N) is 1. The van der Waals surface area contributed by atoms with Gasteiger partial charge in [-0.1, -0.05) is 0 Å². The van der Waals surface area contributed by atoms with Crippen molar-refractivity contribution in [3.8, 4) is 0 Å². The number of thiol groups is 1. The first kappa shape index (κ1) is 10.6. The third-order valence-electron chi connectivity index (χ3n) is 1.36. The summed E-state index contributed by atoms with van der Waals surface area (Å²) in [6.45, 7) is 6.27. The summed E-state index contributed by atoms with van der Waals surface area (Å²) in [6, 6.07) is 0.451. The SMILES string of the molecule is CC1=NN(C)[P](S)(NC(C)C)S1. The zero-order valence-corrected chi connectivity index (χ0v) is 10.4. The van der Waals surface area contributed by atoms with Gasteiger partial charge in [-0.2, -0.15) is 5.10 Å². The molecule has 0 aliphatic carbocycles. The molecule has 0 aromatic carbocycles. The van der Waals surface area contributed by atoms with Crippen molar-refractivity contribution in [1.29, 1.82) is 0 Å². The van der Waals surface area contributed by atoms with E-state index in [1.54, 1.807) is 11.4 Å². The first-order valence-corrected chi connectivity index (χ1v) is 8.14. The Kier molecular flexibility index (Phi) is 3.32. The summed E-state index contributed by atoms with van der Waals surface area (Å²) in [4.78, 5) is 0. The normalized spacial score (nSPS) is 29.8. The molecule has 1 rings (SSSR count). The Morgan fingerprint density at radius 3 is 2.58 bits per heavy atom. The number of nitrogens with zero attached hydrogens (tertiary/aromatic N) is 2. The molecule has 1 radical (unpaired) electrons. The highest BCUT2D eigenvalue weighted by molar-refractivity contribution is 8.92. The Morgan fingerprint density at radius 2 is 2.25 bits per heavy atom. The minimum absolute atomic E-state index is 0.451. The van der Waals surface area contributed by atoms with Crippen LogP contribution in [0.1, 0.15) is 20.8 Å². The lowest BCUT2D eigenvalue weighted by Gasteiger charge is -2.33. The highest BCUT2D eigenvalue weighted by Gasteiger charge is 2.35. The molecule has 0 spiro atoms. The Morgan fingerprint density at radius 1 is 1.67 bits per heavy atom. The Labute approximate surface area is 83.7 Å². The minimum Gasteiger partial charge on any atom is -0.265 e. The van der Waals surface area contributed by atoms with E-state index in [0.717, 1.165) is 5.04 Å². The quantitative estimate of drug-likeness (QED) is 0.558. The number of hydrogen-bond donors (Lipinski definition) is 2. The predicted octanol–water partition coefficient (Wildman–Crippen LogP) is 2.60. The van der Waals surface area contributed by atoms with Crippen LogP contribution < -0.4 is 5.09 Å². The van der Waals surface area contributed by atoms with Crippen LogP contribution in [0.15, 0.2) is 5.10 Å². The molecule has 0 amide bonds. The van der Waals surface area contributed by atoms with Gasteiger partial charge in [0.15, 0.2) is 0 Å². The molecule has 0 saturated heterocycles. The van der Waals surface area contributed by atoms with Crippen LogP contribution in [0.5, 0.6) is 0 Å². The smallest absolute Gasteiger partial charge is 0.142 e. The number of hydrogen-bond acceptors (Lipinski definition) is 5. The number of hydrazone groups is 1. The van der Waals surface area contributed by atoms with Gasteiger partial charge in [0.2, 0.25) is 0 Å². The fourth-order valence-corrected chi connectivity index (χ4v) is 7.17. The molecule has 1 aliphatic heterocycles. The van der Waals surface area contributed by atoms with Gasteiger partial charge in [-0.25, -0.2) is 0 Å². The molecular weight excluding hydrogens is 209 g/mol. The van der Waals surface area contributed by atoms with Crippen molar-refractivity contribution in [2.75, 3.05) is 7.05 Å². The summed E-state index contributed by atoms with van der Waals surface area (Å²) in [7, 11) is 1.97. The highest BCUT2D eigenvalue weighted by Crippen LogP contribution is 2.76. The van der Waals surface area contributed by atoms with Crippen molar-refractivity contribution in [3.05, 3.63) is 0 Å². The van der Waals surface area contributed by atoms with Crippen molar-refractivity contribution in [2.24, 2.45) is 5.10 Å². The van der Waals surface area contributed by atoms with Gasteiger partial charge < -0.3 is 0 Å². The van der Waals surface area contributed by atoms with Crippen LogP contribution in [0.3, 0.4) is 0 Å². The molecule has 6 heteroatoms. The standard InChI is InChI=1S/C6H15N3PS2/c1-5(2)8-10(11)9(4)7-6(3)12-10/h5,8,11H,1-4H3. The third kappa shape index (κ3) is 2.28. The van der Waals surface area contributed by atoms with Crippen LogP contribution in [0, 0.1) is 0 Å². The topological polar surface area (TPSA) is 27.6 Å². The van der Waals surface area contributed by atoms with Crippen molar-refractivity contribution >= 4 is 34.6 Å². The average Bonchev–Trinajstić information content (AvgIpc) is 2.04. The van der Waals surface area contributed by atoms with Gasteiger partial charge >= 0.3 is 0 Å². The Bertz CT molecular complexity index is 209. The van der Waals surface area contributed by atoms with E-state index >= 15 is 0 Å². The van der Waals surface area contributed by atoms with Gasteiger partial charge in [-0.3, -0.25) is 9.87 Å². The van der Waals surface area contributed by atoms with Gasteiger partial charge in [0, 0.05) is 13.1 Å². The molecular formula is C6H15N3PS2. The van der Waals surface area contributed by atoms with Crippen molar-refractivity contribution in [3.63, 3.8) is 0 Å². The Balaban J connectivity index is 2.63. The Hall–Kier alpha value is 0.560. The summed E-state index contributed by atoms with van der Waals surface area (Å²) < 4.78 is 1.95. The molecule has 1 aliphatic rings. The lowest BCUT2D eigenvalue weighted by molar-refractivity contribution is 0.584. The second-order valence-corrected chi connectivity index (χ2v) is 10.4. The van der Waals surface area contributed by atoms with Crippen LogP contribution in [0.2, 0.25) is 0 Å². The summed E-state index contributed by atoms with van der Waals surface area (Å²) >= 11 is 6.39. The van der Waals surface area contributed by atoms with Gasteiger partial charge in [0.1, 0.15) is 5.97 Å². The zero-order chi connectivity index (χ0) is 9.35. The van der Waals surface area contributed by atoms with Gasteiger partial charge in [0.25, 0.3) is 0 Å². The van der Waals surface area contributed by atoms with Crippen LogP contribution >= 0.6 is 29.6 Å². The summed E-state index contributed by atoms with van der Waals surface area (Å²) in [5.41, 5.74) is 0. The van der Waals surface area contributed by atoms with Crippen molar-refractivity contribution in [2.45, 2.75) is 26.8 Å². The first-order chi connectivity index (χ1) is 5.44. The van der Waals surface area contributed by atoms with E-state index in [2.05, 4.69) is 36.3 Å². The fourth-order valence-electron chi connectivity index (χ4n) is 0.972. The van der Waals surface area contributed by atoms with E-state index in [0.29, 0.717) is 6.04 Å². The van der Waals surface area contributed by atoms with Crippen LogP contribution in [-0.2, 0) is 0 Å².